The Balaban J connectivity index is 1.07. The van der Waals surface area contributed by atoms with Gasteiger partial charge in [0.15, 0.2) is 0 Å². The number of fused-ring (bicyclic) bond motifs is 10. The zero-order valence-electron chi connectivity index (χ0n) is 74.0. The number of rotatable bonds is 9. The minimum Gasteiger partial charge on any atom is -0.310 e. The lowest BCUT2D eigenvalue weighted by Gasteiger charge is -2.46. The topological polar surface area (TPSA) is 40.1 Å². The van der Waals surface area contributed by atoms with Crippen molar-refractivity contribution in [2.24, 2.45) is 0 Å². The monoisotopic (exact) mass is 1440 g/mol. The minimum absolute atomic E-state index is 0.00240. The Kier molecular flexibility index (Phi) is 14.5. The molecule has 16 aromatic rings. The van der Waals surface area contributed by atoms with Crippen molar-refractivity contribution in [3.05, 3.63) is 330 Å². The van der Waals surface area contributed by atoms with Crippen LogP contribution in [0.5, 0.6) is 0 Å². The van der Waals surface area contributed by atoms with Gasteiger partial charge < -0.3 is 18.9 Å². The summed E-state index contributed by atoms with van der Waals surface area (Å²) in [5, 5.41) is 14.3. The fourth-order valence-electron chi connectivity index (χ4n) is 17.0. The molecule has 0 saturated carbocycles. The molecule has 0 unspecified atom stereocenters. The molecule has 6 heteroatoms. The zero-order chi connectivity index (χ0) is 83.9. The molecule has 2 aliphatic rings. The second-order valence-corrected chi connectivity index (χ2v) is 35.6. The van der Waals surface area contributed by atoms with Crippen molar-refractivity contribution in [3.8, 4) is 73.1 Å². The lowest BCUT2D eigenvalue weighted by atomic mass is 9.33. The number of hydrogen-bond donors (Lipinski definition) is 0. The summed E-state index contributed by atoms with van der Waals surface area (Å²) in [4.78, 5) is 4.84. The highest BCUT2D eigenvalue weighted by Gasteiger charge is 2.46. The molecule has 0 bridgehead atoms. The van der Waals surface area contributed by atoms with Crippen molar-refractivity contribution >= 4 is 101 Å². The first-order chi connectivity index (χ1) is 56.5. The Morgan fingerprint density at radius 1 is 0.297 bits per heavy atom. The molecule has 0 fully saturated rings. The van der Waals surface area contributed by atoms with Crippen LogP contribution in [-0.4, -0.2) is 15.8 Å². The third kappa shape index (κ3) is 12.0. The lowest BCUT2D eigenvalue weighted by Crippen LogP contribution is -2.61. The molecular formula is C105H94BN5. The maximum Gasteiger partial charge on any atom is 0.252 e. The van der Waals surface area contributed by atoms with Gasteiger partial charge in [-0.2, -0.15) is 5.26 Å². The largest absolute Gasteiger partial charge is 0.310 e. The number of anilines is 6. The minimum atomic E-state index is -0.598. The Bertz CT molecular complexity index is 6820. The smallest absolute Gasteiger partial charge is 0.252 e. The summed E-state index contributed by atoms with van der Waals surface area (Å²) in [7, 11) is 0. The standard InChI is InChI=1S/C105H94BN5/c1-101(2,3)73-52-70(53-74(59-73)102(4,5)6)68-47-50-88-95(56-68)111(100-86(67-34-20-17-21-35-67)61-77(105(13,14)15)62-87(100)81-37-23-22-36-80(81)66-32-18-16-19-33-66)98-58-72(71-54-75(103(7,8)9)60-76(55-71)104(10,11)12)57-97-99(98)106(88)89-51-49-79(109-92-44-30-26-40-84(92)85-41-27-31-45-93(85)109)64-96(89)110(97)94-63-78(48-46-69(94)65-107)108-90-42-28-24-38-82(90)83-39-25-29-43-91(83)108/h16-64H,1-15H3/i26D,27D,30D,31D,40D,41D,44D,45D. The molecule has 0 atom stereocenters. The van der Waals surface area contributed by atoms with Crippen LogP contribution in [0.1, 0.15) is 148 Å². The second-order valence-electron chi connectivity index (χ2n) is 35.6. The number of nitriles is 1. The highest BCUT2D eigenvalue weighted by Crippen LogP contribution is 2.55. The molecule has 0 radical (unpaired) electrons. The van der Waals surface area contributed by atoms with E-state index in [0.717, 1.165) is 139 Å². The summed E-state index contributed by atoms with van der Waals surface area (Å²) >= 11 is 0. The molecule has 14 aromatic carbocycles. The van der Waals surface area contributed by atoms with Gasteiger partial charge >= 0.3 is 0 Å². The average molecular weight is 1440 g/mol. The SMILES string of the molecule is [2H]c1c([2H])c([2H])c2c(c1[2H])c1c([2H])c([2H])c([2H])c([2H])c1n2-c1ccc2c(c1)N(c1cc(-n3c4ccccc4c4ccccc43)ccc1C#N)c1cc(-c3cc(C(C)(C)C)cc(C(C)(C)C)c3)cc3c1B2c1ccc(-c2cc(C(C)(C)C)cc(C(C)(C)C)c2)cc1N3c1c(-c2ccccc2)cc(C(C)(C)C)cc1-c1ccccc1-c1ccccc1. The molecule has 2 aliphatic heterocycles. The van der Waals surface area contributed by atoms with E-state index < -0.39 is 55.1 Å². The van der Waals surface area contributed by atoms with Gasteiger partial charge in [-0.25, -0.2) is 0 Å². The van der Waals surface area contributed by atoms with Crippen LogP contribution in [-0.2, 0) is 27.1 Å². The van der Waals surface area contributed by atoms with Crippen molar-refractivity contribution in [2.45, 2.75) is 131 Å². The average Bonchev–Trinajstić information content (AvgIpc) is 1.50. The number of para-hydroxylation sites is 4. The summed E-state index contributed by atoms with van der Waals surface area (Å²) in [6.45, 7) is 33.7. The normalized spacial score (nSPS) is 14.1. The molecule has 0 saturated heterocycles. The first kappa shape index (κ1) is 61.7. The molecular weight excluding hydrogens is 1340 g/mol. The van der Waals surface area contributed by atoms with E-state index in [1.807, 2.05) is 24.3 Å². The van der Waals surface area contributed by atoms with Crippen LogP contribution in [0.25, 0.3) is 111 Å². The van der Waals surface area contributed by atoms with E-state index in [0.29, 0.717) is 22.6 Å². The maximum absolute atomic E-state index is 12.3. The quantitative estimate of drug-likeness (QED) is 0.135. The van der Waals surface area contributed by atoms with Gasteiger partial charge in [0.25, 0.3) is 6.71 Å². The number of nitrogens with zero attached hydrogens (tertiary/aromatic N) is 5. The van der Waals surface area contributed by atoms with Gasteiger partial charge in [-0.05, 0) is 201 Å². The lowest BCUT2D eigenvalue weighted by molar-refractivity contribution is 0.568. The van der Waals surface area contributed by atoms with Crippen LogP contribution in [0.4, 0.5) is 34.1 Å². The number of benzene rings is 14. The van der Waals surface area contributed by atoms with Crippen molar-refractivity contribution in [1.82, 2.24) is 9.13 Å². The molecule has 2 aromatic heterocycles. The van der Waals surface area contributed by atoms with Gasteiger partial charge in [0.2, 0.25) is 0 Å². The summed E-state index contributed by atoms with van der Waals surface area (Å²) in [5.74, 6) is 0. The van der Waals surface area contributed by atoms with Crippen LogP contribution in [0, 0.1) is 11.3 Å². The molecule has 542 valence electrons. The van der Waals surface area contributed by atoms with E-state index in [9.17, 15) is 13.5 Å². The Morgan fingerprint density at radius 2 is 0.694 bits per heavy atom. The number of aromatic nitrogens is 2. The third-order valence-electron chi connectivity index (χ3n) is 23.1. The van der Waals surface area contributed by atoms with E-state index >= 15 is 0 Å². The predicted molar refractivity (Wildman–Crippen MR) is 475 cm³/mol. The van der Waals surface area contributed by atoms with Gasteiger partial charge in [0.05, 0.1) is 50.0 Å². The van der Waals surface area contributed by atoms with Crippen LogP contribution in [0.2, 0.25) is 0 Å². The van der Waals surface area contributed by atoms with Crippen molar-refractivity contribution < 1.29 is 11.0 Å². The van der Waals surface area contributed by atoms with Gasteiger partial charge in [0.1, 0.15) is 6.07 Å². The van der Waals surface area contributed by atoms with Gasteiger partial charge in [-0.1, -0.05) is 316 Å². The first-order valence-electron chi connectivity index (χ1n) is 42.8. The predicted octanol–water partition coefficient (Wildman–Crippen LogP) is 26.7. The summed E-state index contributed by atoms with van der Waals surface area (Å²) in [6, 6.07) is 89.3. The fourth-order valence-corrected chi connectivity index (χ4v) is 17.0. The molecule has 0 N–H and O–H groups in total. The molecule has 5 nitrogen and oxygen atoms in total. The molecule has 0 amide bonds. The summed E-state index contributed by atoms with van der Waals surface area (Å²) < 4.78 is 79.9. The van der Waals surface area contributed by atoms with Crippen molar-refractivity contribution in [1.29, 1.82) is 5.26 Å². The van der Waals surface area contributed by atoms with Crippen LogP contribution in [0.3, 0.4) is 0 Å². The van der Waals surface area contributed by atoms with Crippen LogP contribution < -0.4 is 26.2 Å². The van der Waals surface area contributed by atoms with Crippen molar-refractivity contribution in [2.75, 3.05) is 9.80 Å². The third-order valence-corrected chi connectivity index (χ3v) is 23.1. The van der Waals surface area contributed by atoms with E-state index in [1.165, 1.54) is 11.1 Å². The summed E-state index contributed by atoms with van der Waals surface area (Å²) in [5.41, 5.74) is 25.7. The summed E-state index contributed by atoms with van der Waals surface area (Å²) in [6.07, 6.45) is 0. The second kappa shape index (κ2) is 26.0. The zero-order valence-corrected chi connectivity index (χ0v) is 66.0. The van der Waals surface area contributed by atoms with E-state index in [2.05, 4.69) is 349 Å². The molecule has 4 heterocycles. The van der Waals surface area contributed by atoms with E-state index in [-0.39, 0.29) is 48.9 Å². The Hall–Kier alpha value is -12.2. The molecule has 0 aliphatic carbocycles. The van der Waals surface area contributed by atoms with Crippen LogP contribution >= 0.6 is 0 Å². The Morgan fingerprint density at radius 3 is 1.23 bits per heavy atom. The van der Waals surface area contributed by atoms with E-state index in [4.69, 9.17) is 2.74 Å². The molecule has 18 rings (SSSR count). The molecule has 111 heavy (non-hydrogen) atoms. The van der Waals surface area contributed by atoms with Crippen molar-refractivity contribution in [3.63, 3.8) is 0 Å². The first-order valence-corrected chi connectivity index (χ1v) is 38.8. The van der Waals surface area contributed by atoms with Gasteiger partial charge in [0, 0.05) is 66.8 Å². The Labute approximate surface area is 666 Å². The fraction of sp³-hybridized carbons (Fsp3) is 0.190. The number of hydrogen-bond acceptors (Lipinski definition) is 3. The van der Waals surface area contributed by atoms with E-state index in [1.54, 1.807) is 4.57 Å². The highest BCUT2D eigenvalue weighted by atomic mass is 15.2. The van der Waals surface area contributed by atoms with Gasteiger partial charge in [-0.15, -0.1) is 0 Å². The highest BCUT2D eigenvalue weighted by molar-refractivity contribution is 7.00. The van der Waals surface area contributed by atoms with Crippen LogP contribution in [0.15, 0.2) is 297 Å². The van der Waals surface area contributed by atoms with Gasteiger partial charge in [-0.3, -0.25) is 0 Å². The maximum atomic E-state index is 12.3. The molecule has 0 spiro atoms.